The largest absolute Gasteiger partial charge is 0.504 e. The number of hydrogen-bond acceptors (Lipinski definition) is 6. The number of aromatic hydroxyl groups is 4. The summed E-state index contributed by atoms with van der Waals surface area (Å²) in [4.78, 5) is 24.3. The van der Waals surface area contributed by atoms with E-state index in [4.69, 9.17) is 0 Å². The first-order chi connectivity index (χ1) is 15.3. The van der Waals surface area contributed by atoms with Gasteiger partial charge in [-0.1, -0.05) is 18.2 Å². The lowest BCUT2D eigenvalue weighted by atomic mass is 10.2. The van der Waals surface area contributed by atoms with Gasteiger partial charge in [0.2, 0.25) is 11.8 Å². The number of phenolic OH excluding ortho intramolecular Hbond substituents is 4. The smallest absolute Gasteiger partial charge is 0.248 e. The quantitative estimate of drug-likeness (QED) is 0.259. The first kappa shape index (κ1) is 22.0. The van der Waals surface area contributed by atoms with Crippen LogP contribution in [0.5, 0.6) is 23.0 Å². The first-order valence-corrected chi connectivity index (χ1v) is 9.42. The van der Waals surface area contributed by atoms with Gasteiger partial charge < -0.3 is 31.1 Å². The molecule has 0 bridgehead atoms. The van der Waals surface area contributed by atoms with Crippen molar-refractivity contribution < 1.29 is 30.0 Å². The van der Waals surface area contributed by atoms with Crippen LogP contribution in [-0.4, -0.2) is 32.2 Å². The van der Waals surface area contributed by atoms with E-state index in [9.17, 15) is 30.0 Å². The highest BCUT2D eigenvalue weighted by molar-refractivity contribution is 6.04. The van der Waals surface area contributed by atoms with Gasteiger partial charge in [0.05, 0.1) is 0 Å². The second-order valence-electron chi connectivity index (χ2n) is 6.72. The van der Waals surface area contributed by atoms with E-state index in [1.54, 1.807) is 36.4 Å². The lowest BCUT2D eigenvalue weighted by Crippen LogP contribution is -2.10. The van der Waals surface area contributed by atoms with Crippen molar-refractivity contribution in [3.8, 4) is 23.0 Å². The molecule has 0 unspecified atom stereocenters. The minimum Gasteiger partial charge on any atom is -0.504 e. The molecule has 8 nitrogen and oxygen atoms in total. The van der Waals surface area contributed by atoms with Crippen LogP contribution in [0, 0.1) is 0 Å². The fourth-order valence-electron chi connectivity index (χ4n) is 2.67. The van der Waals surface area contributed by atoms with Crippen molar-refractivity contribution in [3.63, 3.8) is 0 Å². The number of nitrogens with one attached hydrogen (secondary N) is 2. The molecule has 6 N–H and O–H groups in total. The highest BCUT2D eigenvalue weighted by Crippen LogP contribution is 2.26. The zero-order chi connectivity index (χ0) is 23.1. The van der Waals surface area contributed by atoms with Gasteiger partial charge in [-0.05, 0) is 65.7 Å². The maximum absolute atomic E-state index is 12.1. The predicted octanol–water partition coefficient (Wildman–Crippen LogP) is 3.81. The van der Waals surface area contributed by atoms with Gasteiger partial charge in [0, 0.05) is 23.5 Å². The number of amides is 2. The Balaban J connectivity index is 1.59. The summed E-state index contributed by atoms with van der Waals surface area (Å²) in [7, 11) is 0. The van der Waals surface area contributed by atoms with Crippen LogP contribution in [0.1, 0.15) is 11.1 Å². The first-order valence-electron chi connectivity index (χ1n) is 9.42. The van der Waals surface area contributed by atoms with Crippen LogP contribution in [0.15, 0.2) is 72.8 Å². The number of carbonyl (C=O) groups excluding carboxylic acids is 2. The van der Waals surface area contributed by atoms with Gasteiger partial charge in [0.25, 0.3) is 0 Å². The zero-order valence-electron chi connectivity index (χ0n) is 16.7. The Morgan fingerprint density at radius 3 is 1.44 bits per heavy atom. The maximum atomic E-state index is 12.1. The zero-order valence-corrected chi connectivity index (χ0v) is 16.7. The molecule has 0 radical (unpaired) electrons. The predicted molar refractivity (Wildman–Crippen MR) is 121 cm³/mol. The highest BCUT2D eigenvalue weighted by atomic mass is 16.3. The average Bonchev–Trinajstić information content (AvgIpc) is 2.75. The minimum atomic E-state index is -0.423. The van der Waals surface area contributed by atoms with E-state index in [2.05, 4.69) is 10.6 Å². The van der Waals surface area contributed by atoms with E-state index in [1.807, 2.05) is 0 Å². The lowest BCUT2D eigenvalue weighted by Gasteiger charge is -2.06. The Bertz CT molecular complexity index is 1130. The van der Waals surface area contributed by atoms with Crippen molar-refractivity contribution in [1.82, 2.24) is 0 Å². The Morgan fingerprint density at radius 2 is 1.03 bits per heavy atom. The molecule has 0 fully saturated rings. The van der Waals surface area contributed by atoms with Crippen molar-refractivity contribution in [3.05, 3.63) is 83.9 Å². The molecule has 32 heavy (non-hydrogen) atoms. The summed E-state index contributed by atoms with van der Waals surface area (Å²) in [5.41, 5.74) is 1.98. The molecule has 0 aliphatic rings. The second-order valence-corrected chi connectivity index (χ2v) is 6.72. The lowest BCUT2D eigenvalue weighted by molar-refractivity contribution is -0.112. The van der Waals surface area contributed by atoms with E-state index in [0.717, 1.165) is 0 Å². The minimum absolute atomic E-state index is 0.249. The third kappa shape index (κ3) is 6.14. The van der Waals surface area contributed by atoms with Crippen LogP contribution < -0.4 is 10.6 Å². The molecule has 0 aromatic heterocycles. The molecule has 0 spiro atoms. The number of benzene rings is 3. The van der Waals surface area contributed by atoms with E-state index in [1.165, 1.54) is 48.6 Å². The maximum Gasteiger partial charge on any atom is 0.248 e. The summed E-state index contributed by atoms with van der Waals surface area (Å²) in [5.74, 6) is -1.91. The fourth-order valence-corrected chi connectivity index (χ4v) is 2.67. The van der Waals surface area contributed by atoms with Crippen LogP contribution in [0.3, 0.4) is 0 Å². The van der Waals surface area contributed by atoms with Crippen molar-refractivity contribution in [2.75, 3.05) is 10.6 Å². The molecule has 3 aromatic rings. The third-order valence-electron chi connectivity index (χ3n) is 4.25. The Hall–Kier alpha value is -4.72. The summed E-state index contributed by atoms with van der Waals surface area (Å²) in [6.07, 6.45) is 5.50. The molecule has 0 saturated carbocycles. The van der Waals surface area contributed by atoms with Crippen molar-refractivity contribution >= 4 is 35.3 Å². The summed E-state index contributed by atoms with van der Waals surface area (Å²) < 4.78 is 0. The van der Waals surface area contributed by atoms with Crippen molar-refractivity contribution in [2.24, 2.45) is 0 Å². The molecule has 0 heterocycles. The molecule has 0 aliphatic carbocycles. The Labute approximate surface area is 183 Å². The number of phenols is 4. The molecule has 3 aromatic carbocycles. The van der Waals surface area contributed by atoms with Crippen LogP contribution in [-0.2, 0) is 9.59 Å². The van der Waals surface area contributed by atoms with Crippen molar-refractivity contribution in [1.29, 1.82) is 0 Å². The van der Waals surface area contributed by atoms with Gasteiger partial charge >= 0.3 is 0 Å². The van der Waals surface area contributed by atoms with Gasteiger partial charge in [-0.2, -0.15) is 0 Å². The average molecular weight is 432 g/mol. The second kappa shape index (κ2) is 9.86. The standard InChI is InChI=1S/C24H20N2O6/c27-19-8-4-15(12-21(19)29)6-10-23(31)25-17-2-1-3-18(14-17)26-24(32)11-7-16-5-9-20(28)22(30)13-16/h1-14,27-30H,(H,25,31)(H,26,32)/b10-6+,11-7?. The molecule has 3 rings (SSSR count). The number of hydrogen-bond donors (Lipinski definition) is 6. The van der Waals surface area contributed by atoms with E-state index in [-0.39, 0.29) is 23.0 Å². The van der Waals surface area contributed by atoms with Gasteiger partial charge in [0.1, 0.15) is 0 Å². The third-order valence-corrected chi connectivity index (χ3v) is 4.25. The SMILES string of the molecule is O=C(C=Cc1ccc(O)c(O)c1)Nc1cccc(NC(=O)/C=C/c2ccc(O)c(O)c2)c1. The monoisotopic (exact) mass is 432 g/mol. The van der Waals surface area contributed by atoms with Crippen LogP contribution in [0.2, 0.25) is 0 Å². The highest BCUT2D eigenvalue weighted by Gasteiger charge is 2.04. The van der Waals surface area contributed by atoms with E-state index in [0.29, 0.717) is 22.5 Å². The summed E-state index contributed by atoms with van der Waals surface area (Å²) in [6, 6.07) is 14.9. The Morgan fingerprint density at radius 1 is 0.594 bits per heavy atom. The Kier molecular flexibility index (Phi) is 6.77. The van der Waals surface area contributed by atoms with Crippen LogP contribution in [0.25, 0.3) is 12.2 Å². The van der Waals surface area contributed by atoms with E-state index < -0.39 is 11.8 Å². The summed E-state index contributed by atoms with van der Waals surface area (Å²) >= 11 is 0. The molecular formula is C24H20N2O6. The van der Waals surface area contributed by atoms with Gasteiger partial charge in [0.15, 0.2) is 23.0 Å². The number of carbonyl (C=O) groups is 2. The van der Waals surface area contributed by atoms with Gasteiger partial charge in [-0.15, -0.1) is 0 Å². The topological polar surface area (TPSA) is 139 Å². The number of rotatable bonds is 6. The molecule has 0 atom stereocenters. The van der Waals surface area contributed by atoms with Gasteiger partial charge in [-0.25, -0.2) is 0 Å². The van der Waals surface area contributed by atoms with E-state index >= 15 is 0 Å². The van der Waals surface area contributed by atoms with Crippen LogP contribution in [0.4, 0.5) is 11.4 Å². The number of anilines is 2. The normalized spacial score (nSPS) is 11.0. The summed E-state index contributed by atoms with van der Waals surface area (Å²) in [5, 5.41) is 42.9. The summed E-state index contributed by atoms with van der Waals surface area (Å²) in [6.45, 7) is 0. The molecule has 0 aliphatic heterocycles. The fraction of sp³-hybridized carbons (Fsp3) is 0. The van der Waals surface area contributed by atoms with Crippen LogP contribution >= 0.6 is 0 Å². The van der Waals surface area contributed by atoms with Crippen molar-refractivity contribution in [2.45, 2.75) is 0 Å². The molecule has 0 saturated heterocycles. The molecular weight excluding hydrogens is 412 g/mol. The molecule has 162 valence electrons. The molecule has 2 amide bonds. The molecule has 8 heteroatoms. The van der Waals surface area contributed by atoms with Gasteiger partial charge in [-0.3, -0.25) is 9.59 Å².